The monoisotopic (exact) mass is 279 g/mol. The summed E-state index contributed by atoms with van der Waals surface area (Å²) in [6.45, 7) is 6.83. The van der Waals surface area contributed by atoms with Crippen LogP contribution < -0.4 is 5.73 Å². The highest BCUT2D eigenvalue weighted by Crippen LogP contribution is 2.42. The van der Waals surface area contributed by atoms with Gasteiger partial charge >= 0.3 is 0 Å². The van der Waals surface area contributed by atoms with Crippen LogP contribution in [0.1, 0.15) is 44.7 Å². The van der Waals surface area contributed by atoms with Gasteiger partial charge in [0.05, 0.1) is 0 Å². The van der Waals surface area contributed by atoms with Gasteiger partial charge < -0.3 is 5.73 Å². The molecule has 0 aliphatic heterocycles. The first-order chi connectivity index (χ1) is 8.89. The van der Waals surface area contributed by atoms with E-state index in [0.717, 1.165) is 25.0 Å². The zero-order valence-electron chi connectivity index (χ0n) is 12.2. The summed E-state index contributed by atoms with van der Waals surface area (Å²) in [5.74, 6) is 0.741. The fourth-order valence-corrected chi connectivity index (χ4v) is 4.37. The molecule has 0 bridgehead atoms. The number of fused-ring (bicyclic) bond motifs is 1. The van der Waals surface area contributed by atoms with Crippen LogP contribution in [0.3, 0.4) is 0 Å². The molecule has 0 saturated heterocycles. The first-order valence-electron chi connectivity index (χ1n) is 7.06. The minimum atomic E-state index is -0.831. The van der Waals surface area contributed by atoms with Crippen molar-refractivity contribution in [2.45, 2.75) is 50.2 Å². The highest BCUT2D eigenvalue weighted by molar-refractivity contribution is 7.86. The molecule has 0 radical (unpaired) electrons. The van der Waals surface area contributed by atoms with E-state index in [2.05, 4.69) is 45.0 Å². The van der Waals surface area contributed by atoms with E-state index in [-0.39, 0.29) is 10.2 Å². The number of hydrogen-bond acceptors (Lipinski definition) is 2. The van der Waals surface area contributed by atoms with Crippen LogP contribution >= 0.6 is 0 Å². The number of hydrogen-bond donors (Lipinski definition) is 1. The van der Waals surface area contributed by atoms with Gasteiger partial charge in [-0.1, -0.05) is 24.3 Å². The van der Waals surface area contributed by atoms with Crippen molar-refractivity contribution < 1.29 is 4.21 Å². The minimum absolute atomic E-state index is 0.0312. The van der Waals surface area contributed by atoms with E-state index in [1.165, 1.54) is 11.1 Å². The molecule has 2 unspecified atom stereocenters. The third-order valence-corrected chi connectivity index (χ3v) is 6.36. The Morgan fingerprint density at radius 1 is 1.32 bits per heavy atom. The topological polar surface area (TPSA) is 43.1 Å². The molecule has 0 saturated carbocycles. The van der Waals surface area contributed by atoms with Gasteiger partial charge in [-0.15, -0.1) is 0 Å². The fourth-order valence-electron chi connectivity index (χ4n) is 2.99. The summed E-state index contributed by atoms with van der Waals surface area (Å²) in [5.41, 5.74) is 8.67. The maximum absolute atomic E-state index is 12.6. The van der Waals surface area contributed by atoms with Crippen molar-refractivity contribution in [3.63, 3.8) is 0 Å². The second kappa shape index (κ2) is 5.37. The van der Waals surface area contributed by atoms with E-state index in [0.29, 0.717) is 6.54 Å². The van der Waals surface area contributed by atoms with Crippen molar-refractivity contribution in [2.24, 2.45) is 5.73 Å². The van der Waals surface area contributed by atoms with Crippen molar-refractivity contribution in [3.8, 4) is 0 Å². The van der Waals surface area contributed by atoms with Crippen LogP contribution in [0, 0.1) is 0 Å². The maximum atomic E-state index is 12.6. The summed E-state index contributed by atoms with van der Waals surface area (Å²) in [6.07, 6.45) is 3.12. The third kappa shape index (κ3) is 2.92. The van der Waals surface area contributed by atoms with Crippen LogP contribution in [0.5, 0.6) is 0 Å². The fraction of sp³-hybridized carbons (Fsp3) is 0.625. The highest BCUT2D eigenvalue weighted by atomic mass is 32.2. The molecule has 0 spiro atoms. The quantitative estimate of drug-likeness (QED) is 0.921. The van der Waals surface area contributed by atoms with Crippen LogP contribution in [0.25, 0.3) is 0 Å². The molecular formula is C16H25NOS. The molecule has 1 aromatic carbocycles. The van der Waals surface area contributed by atoms with Crippen molar-refractivity contribution in [2.75, 3.05) is 12.3 Å². The van der Waals surface area contributed by atoms with E-state index in [1.807, 2.05) is 0 Å². The van der Waals surface area contributed by atoms with E-state index in [1.54, 1.807) is 0 Å². The molecule has 2 rings (SSSR count). The standard InChI is InChI=1S/C16H25NOS/c1-15(2,3)19(18)12-16(10-11-17)9-8-13-6-4-5-7-14(13)16/h4-7H,8-12,17H2,1-3H3. The zero-order valence-corrected chi connectivity index (χ0v) is 13.1. The van der Waals surface area contributed by atoms with Crippen LogP contribution in [0.2, 0.25) is 0 Å². The van der Waals surface area contributed by atoms with Crippen molar-refractivity contribution >= 4 is 10.8 Å². The van der Waals surface area contributed by atoms with Crippen LogP contribution in [0.4, 0.5) is 0 Å². The predicted octanol–water partition coefficient (Wildman–Crippen LogP) is 2.77. The number of rotatable bonds is 4. The zero-order chi connectivity index (χ0) is 14.1. The third-order valence-electron chi connectivity index (χ3n) is 4.17. The van der Waals surface area contributed by atoms with Gasteiger partial charge in [-0.3, -0.25) is 4.21 Å². The van der Waals surface area contributed by atoms with Gasteiger partial charge in [-0.25, -0.2) is 0 Å². The van der Waals surface area contributed by atoms with Gasteiger partial charge in [0, 0.05) is 26.7 Å². The summed E-state index contributed by atoms with van der Waals surface area (Å²) in [7, 11) is -0.831. The summed E-state index contributed by atoms with van der Waals surface area (Å²) in [6, 6.07) is 8.60. The van der Waals surface area contributed by atoms with Gasteiger partial charge in [0.1, 0.15) is 0 Å². The Balaban J connectivity index is 2.33. The van der Waals surface area contributed by atoms with Crippen LogP contribution in [-0.4, -0.2) is 21.3 Å². The molecule has 0 heterocycles. The Hall–Kier alpha value is -0.670. The molecule has 1 aliphatic carbocycles. The molecule has 2 atom stereocenters. The summed E-state index contributed by atoms with van der Waals surface area (Å²) >= 11 is 0. The Labute approximate surface area is 119 Å². The Bertz CT molecular complexity index is 474. The van der Waals surface area contributed by atoms with E-state index in [9.17, 15) is 4.21 Å². The molecule has 1 aliphatic rings. The maximum Gasteiger partial charge on any atom is 0.0375 e. The first-order valence-corrected chi connectivity index (χ1v) is 8.38. The molecular weight excluding hydrogens is 254 g/mol. The van der Waals surface area contributed by atoms with Crippen molar-refractivity contribution in [3.05, 3.63) is 35.4 Å². The van der Waals surface area contributed by atoms with E-state index < -0.39 is 10.8 Å². The molecule has 1 aromatic rings. The molecule has 0 aromatic heterocycles. The lowest BCUT2D eigenvalue weighted by Gasteiger charge is -2.32. The number of aryl methyl sites for hydroxylation is 1. The Kier molecular flexibility index (Phi) is 4.17. The van der Waals surface area contributed by atoms with Gasteiger partial charge in [-0.05, 0) is 57.7 Å². The highest BCUT2D eigenvalue weighted by Gasteiger charge is 2.40. The van der Waals surface area contributed by atoms with Crippen molar-refractivity contribution in [1.29, 1.82) is 0 Å². The second-order valence-corrected chi connectivity index (χ2v) is 8.78. The molecule has 0 fully saturated rings. The average molecular weight is 279 g/mol. The average Bonchev–Trinajstić information content (AvgIpc) is 2.69. The van der Waals surface area contributed by atoms with Crippen LogP contribution in [-0.2, 0) is 22.6 Å². The SMILES string of the molecule is CC(C)(C)S(=O)CC1(CCN)CCc2ccccc21. The molecule has 106 valence electrons. The van der Waals surface area contributed by atoms with Gasteiger partial charge in [0.2, 0.25) is 0 Å². The first kappa shape index (κ1) is 14.7. The molecule has 2 nitrogen and oxygen atoms in total. The summed E-state index contributed by atoms with van der Waals surface area (Å²) in [5, 5.41) is 0. The minimum Gasteiger partial charge on any atom is -0.330 e. The van der Waals surface area contributed by atoms with Crippen molar-refractivity contribution in [1.82, 2.24) is 0 Å². The molecule has 2 N–H and O–H groups in total. The van der Waals surface area contributed by atoms with Gasteiger partial charge in [-0.2, -0.15) is 0 Å². The number of nitrogens with two attached hydrogens (primary N) is 1. The normalized spacial score (nSPS) is 24.2. The lowest BCUT2D eigenvalue weighted by molar-refractivity contribution is 0.440. The second-order valence-electron chi connectivity index (χ2n) is 6.58. The number of benzene rings is 1. The lowest BCUT2D eigenvalue weighted by Crippen LogP contribution is -2.38. The molecule has 0 amide bonds. The van der Waals surface area contributed by atoms with E-state index in [4.69, 9.17) is 5.73 Å². The Morgan fingerprint density at radius 3 is 2.63 bits per heavy atom. The molecule has 3 heteroatoms. The summed E-state index contributed by atoms with van der Waals surface area (Å²) in [4.78, 5) is 0. The smallest absolute Gasteiger partial charge is 0.0375 e. The Morgan fingerprint density at radius 2 is 2.00 bits per heavy atom. The van der Waals surface area contributed by atoms with E-state index >= 15 is 0 Å². The van der Waals surface area contributed by atoms with Gasteiger partial charge in [0.25, 0.3) is 0 Å². The predicted molar refractivity (Wildman–Crippen MR) is 82.9 cm³/mol. The molecule has 19 heavy (non-hydrogen) atoms. The van der Waals surface area contributed by atoms with Gasteiger partial charge in [0.15, 0.2) is 0 Å². The summed E-state index contributed by atoms with van der Waals surface area (Å²) < 4.78 is 12.4. The largest absolute Gasteiger partial charge is 0.330 e. The van der Waals surface area contributed by atoms with Crippen LogP contribution in [0.15, 0.2) is 24.3 Å². The lowest BCUT2D eigenvalue weighted by atomic mass is 9.81.